The standard InChI is InChI=1S/C19H23N3O4S/c1-4-16(19(23)26-5-2)22-13-21(15-10-8-14(3)9-11-15)18-17(27(22,24)25)7-6-12-20-18/h6-12,16H,4-5,13H2,1-3H3/t16-/m0/s1. The van der Waals surface area contributed by atoms with Crippen molar-refractivity contribution < 1.29 is 17.9 Å². The van der Waals surface area contributed by atoms with Gasteiger partial charge in [0.1, 0.15) is 10.9 Å². The molecule has 0 spiro atoms. The molecule has 1 aromatic heterocycles. The third-order valence-electron chi connectivity index (χ3n) is 4.51. The van der Waals surface area contributed by atoms with Crippen LogP contribution in [-0.2, 0) is 19.6 Å². The van der Waals surface area contributed by atoms with Crippen LogP contribution in [-0.4, -0.2) is 43.0 Å². The molecule has 7 nitrogen and oxygen atoms in total. The molecule has 27 heavy (non-hydrogen) atoms. The Hall–Kier alpha value is -2.45. The van der Waals surface area contributed by atoms with Crippen molar-refractivity contribution in [2.24, 2.45) is 0 Å². The van der Waals surface area contributed by atoms with E-state index in [1.807, 2.05) is 31.2 Å². The maximum atomic E-state index is 13.2. The molecule has 1 aliphatic rings. The second-order valence-electron chi connectivity index (χ2n) is 6.30. The quantitative estimate of drug-likeness (QED) is 0.732. The summed E-state index contributed by atoms with van der Waals surface area (Å²) in [7, 11) is -3.88. The van der Waals surface area contributed by atoms with Gasteiger partial charge in [-0.05, 0) is 44.5 Å². The van der Waals surface area contributed by atoms with Crippen LogP contribution >= 0.6 is 0 Å². The fourth-order valence-corrected chi connectivity index (χ4v) is 4.85. The van der Waals surface area contributed by atoms with E-state index in [1.165, 1.54) is 10.4 Å². The van der Waals surface area contributed by atoms with Gasteiger partial charge in [-0.25, -0.2) is 13.4 Å². The van der Waals surface area contributed by atoms with E-state index in [1.54, 1.807) is 31.0 Å². The molecule has 0 saturated heterocycles. The molecule has 0 saturated carbocycles. The van der Waals surface area contributed by atoms with Gasteiger partial charge in [0.25, 0.3) is 0 Å². The molecule has 2 aromatic rings. The summed E-state index contributed by atoms with van der Waals surface area (Å²) < 4.78 is 32.7. The predicted molar refractivity (Wildman–Crippen MR) is 102 cm³/mol. The second kappa shape index (κ2) is 7.66. The number of nitrogens with zero attached hydrogens (tertiary/aromatic N) is 3. The third-order valence-corrected chi connectivity index (χ3v) is 6.37. The SMILES string of the molecule is CCOC(=O)[C@H](CC)N1CN(c2ccc(C)cc2)c2ncccc2S1(=O)=O. The summed E-state index contributed by atoms with van der Waals surface area (Å²) in [5.41, 5.74) is 1.90. The van der Waals surface area contributed by atoms with E-state index in [0.29, 0.717) is 12.2 Å². The summed E-state index contributed by atoms with van der Waals surface area (Å²) in [6.45, 7) is 5.64. The first-order valence-electron chi connectivity index (χ1n) is 8.87. The summed E-state index contributed by atoms with van der Waals surface area (Å²) in [5, 5.41) is 0. The molecule has 3 rings (SSSR count). The first-order valence-corrected chi connectivity index (χ1v) is 10.3. The molecule has 0 bridgehead atoms. The van der Waals surface area contributed by atoms with E-state index >= 15 is 0 Å². The molecule has 2 heterocycles. The van der Waals surface area contributed by atoms with Crippen LogP contribution in [0.4, 0.5) is 11.5 Å². The number of aryl methyl sites for hydroxylation is 1. The highest BCUT2D eigenvalue weighted by molar-refractivity contribution is 7.89. The van der Waals surface area contributed by atoms with Crippen LogP contribution in [0.25, 0.3) is 0 Å². The molecule has 144 valence electrons. The van der Waals surface area contributed by atoms with Crippen LogP contribution in [0.5, 0.6) is 0 Å². The van der Waals surface area contributed by atoms with Crippen molar-refractivity contribution in [2.75, 3.05) is 18.2 Å². The molecule has 0 aliphatic carbocycles. The predicted octanol–water partition coefficient (Wildman–Crippen LogP) is 2.83. The number of carbonyl (C=O) groups is 1. The zero-order valence-electron chi connectivity index (χ0n) is 15.6. The molecular weight excluding hydrogens is 366 g/mol. The van der Waals surface area contributed by atoms with Gasteiger partial charge < -0.3 is 9.64 Å². The molecule has 0 N–H and O–H groups in total. The largest absolute Gasteiger partial charge is 0.465 e. The van der Waals surface area contributed by atoms with Gasteiger partial charge in [0.2, 0.25) is 10.0 Å². The fraction of sp³-hybridized carbons (Fsp3) is 0.368. The second-order valence-corrected chi connectivity index (χ2v) is 8.16. The van der Waals surface area contributed by atoms with Gasteiger partial charge in [0.15, 0.2) is 5.82 Å². The number of carbonyl (C=O) groups excluding carboxylic acids is 1. The minimum Gasteiger partial charge on any atom is -0.465 e. The molecular formula is C19H23N3O4S. The first kappa shape index (κ1) is 19.3. The van der Waals surface area contributed by atoms with Crippen molar-refractivity contribution in [2.45, 2.75) is 38.1 Å². The lowest BCUT2D eigenvalue weighted by molar-refractivity contribution is -0.147. The van der Waals surface area contributed by atoms with Gasteiger partial charge in [-0.1, -0.05) is 24.6 Å². The number of esters is 1. The van der Waals surface area contributed by atoms with Crippen LogP contribution in [0.1, 0.15) is 25.8 Å². The minimum absolute atomic E-state index is 0.00721. The normalized spacial score (nSPS) is 17.2. The number of aromatic nitrogens is 1. The lowest BCUT2D eigenvalue weighted by Crippen LogP contribution is -2.52. The van der Waals surface area contributed by atoms with Gasteiger partial charge >= 0.3 is 5.97 Å². The Morgan fingerprint density at radius 2 is 1.93 bits per heavy atom. The van der Waals surface area contributed by atoms with E-state index in [-0.39, 0.29) is 18.2 Å². The van der Waals surface area contributed by atoms with E-state index < -0.39 is 22.0 Å². The summed E-state index contributed by atoms with van der Waals surface area (Å²) in [4.78, 5) is 18.6. The van der Waals surface area contributed by atoms with Crippen LogP contribution < -0.4 is 4.90 Å². The summed E-state index contributed by atoms with van der Waals surface area (Å²) in [5.74, 6) is -0.184. The highest BCUT2D eigenvalue weighted by atomic mass is 32.2. The number of ether oxygens (including phenoxy) is 1. The molecule has 8 heteroatoms. The monoisotopic (exact) mass is 389 g/mol. The van der Waals surface area contributed by atoms with Crippen molar-refractivity contribution in [3.63, 3.8) is 0 Å². The molecule has 1 aliphatic heterocycles. The molecule has 0 radical (unpaired) electrons. The van der Waals surface area contributed by atoms with Gasteiger partial charge in [0.05, 0.1) is 13.3 Å². The Bertz CT molecular complexity index is 928. The van der Waals surface area contributed by atoms with Gasteiger partial charge in [-0.2, -0.15) is 4.31 Å². The number of hydrogen-bond acceptors (Lipinski definition) is 6. The van der Waals surface area contributed by atoms with E-state index in [9.17, 15) is 13.2 Å². The number of rotatable bonds is 5. The molecule has 1 atom stereocenters. The number of benzene rings is 1. The average molecular weight is 389 g/mol. The van der Waals surface area contributed by atoms with Crippen LogP contribution in [0.15, 0.2) is 47.5 Å². The van der Waals surface area contributed by atoms with E-state index in [0.717, 1.165) is 11.3 Å². The first-order chi connectivity index (χ1) is 12.9. The number of sulfonamides is 1. The highest BCUT2D eigenvalue weighted by Gasteiger charge is 2.43. The van der Waals surface area contributed by atoms with Crippen molar-refractivity contribution in [3.05, 3.63) is 48.2 Å². The Labute approximate surface area is 159 Å². The number of fused-ring (bicyclic) bond motifs is 1. The Morgan fingerprint density at radius 3 is 2.56 bits per heavy atom. The zero-order chi connectivity index (χ0) is 19.6. The molecule has 0 amide bonds. The third kappa shape index (κ3) is 3.54. The molecule has 1 aromatic carbocycles. The van der Waals surface area contributed by atoms with Gasteiger partial charge in [-0.15, -0.1) is 0 Å². The van der Waals surface area contributed by atoms with Crippen LogP contribution in [0.3, 0.4) is 0 Å². The number of pyridine rings is 1. The maximum Gasteiger partial charge on any atom is 0.324 e. The highest BCUT2D eigenvalue weighted by Crippen LogP contribution is 2.37. The number of hydrogen-bond donors (Lipinski definition) is 0. The minimum atomic E-state index is -3.88. The van der Waals surface area contributed by atoms with Gasteiger partial charge in [-0.3, -0.25) is 4.79 Å². The summed E-state index contributed by atoms with van der Waals surface area (Å²) in [6.07, 6.45) is 1.88. The smallest absolute Gasteiger partial charge is 0.324 e. The zero-order valence-corrected chi connectivity index (χ0v) is 16.4. The van der Waals surface area contributed by atoms with Crippen molar-refractivity contribution in [1.82, 2.24) is 9.29 Å². The Balaban J connectivity index is 2.12. The summed E-state index contributed by atoms with van der Waals surface area (Å²) >= 11 is 0. The number of anilines is 2. The van der Waals surface area contributed by atoms with Crippen LogP contribution in [0, 0.1) is 6.92 Å². The lowest BCUT2D eigenvalue weighted by atomic mass is 10.2. The summed E-state index contributed by atoms with van der Waals surface area (Å²) in [6, 6.07) is 9.93. The maximum absolute atomic E-state index is 13.2. The molecule has 0 unspecified atom stereocenters. The van der Waals surface area contributed by atoms with Crippen molar-refractivity contribution in [3.8, 4) is 0 Å². The average Bonchev–Trinajstić information content (AvgIpc) is 2.65. The lowest BCUT2D eigenvalue weighted by Gasteiger charge is -2.39. The van der Waals surface area contributed by atoms with Crippen molar-refractivity contribution in [1.29, 1.82) is 0 Å². The van der Waals surface area contributed by atoms with Crippen molar-refractivity contribution >= 4 is 27.5 Å². The topological polar surface area (TPSA) is 79.8 Å². The van der Waals surface area contributed by atoms with E-state index in [4.69, 9.17) is 4.74 Å². The molecule has 0 fully saturated rings. The fourth-order valence-electron chi connectivity index (χ4n) is 3.12. The Kier molecular flexibility index (Phi) is 5.48. The van der Waals surface area contributed by atoms with Crippen LogP contribution in [0.2, 0.25) is 0 Å². The Morgan fingerprint density at radius 1 is 1.22 bits per heavy atom. The van der Waals surface area contributed by atoms with E-state index in [2.05, 4.69) is 4.98 Å². The van der Waals surface area contributed by atoms with Gasteiger partial charge in [0, 0.05) is 11.9 Å².